The van der Waals surface area contributed by atoms with Crippen molar-refractivity contribution in [1.82, 2.24) is 4.57 Å². The Balaban J connectivity index is 1.92. The summed E-state index contributed by atoms with van der Waals surface area (Å²) >= 11 is 5.33. The van der Waals surface area contributed by atoms with E-state index >= 15 is 0 Å². The summed E-state index contributed by atoms with van der Waals surface area (Å²) < 4.78 is 3.56. The van der Waals surface area contributed by atoms with Crippen LogP contribution in [-0.4, -0.2) is 4.57 Å². The minimum absolute atomic E-state index is 0.190. The predicted octanol–water partition coefficient (Wildman–Crippen LogP) is 4.33. The lowest BCUT2D eigenvalue weighted by molar-refractivity contribution is 0.276. The molecule has 19 heavy (non-hydrogen) atoms. The monoisotopic (exact) mass is 338 g/mol. The van der Waals surface area contributed by atoms with Gasteiger partial charge in [-0.05, 0) is 57.9 Å². The number of fused-ring (bicyclic) bond motifs is 1. The van der Waals surface area contributed by atoms with Gasteiger partial charge in [-0.25, -0.2) is 0 Å². The third kappa shape index (κ3) is 2.67. The minimum Gasteiger partial charge on any atom is -0.346 e. The Hall–Kier alpha value is -0.580. The van der Waals surface area contributed by atoms with E-state index in [0.717, 1.165) is 19.4 Å². The number of halogens is 1. The predicted molar refractivity (Wildman–Crippen MR) is 84.6 cm³/mol. The molecule has 0 saturated carbocycles. The molecule has 102 valence electrons. The fourth-order valence-electron chi connectivity index (χ4n) is 3.05. The molecule has 0 saturated heterocycles. The number of thiophene rings is 1. The van der Waals surface area contributed by atoms with Crippen LogP contribution in [0.1, 0.15) is 42.4 Å². The summed E-state index contributed by atoms with van der Waals surface area (Å²) in [7, 11) is 0. The maximum atomic E-state index is 6.31. The smallest absolute Gasteiger partial charge is 0.0702 e. The van der Waals surface area contributed by atoms with Crippen LogP contribution < -0.4 is 5.73 Å². The first-order valence-corrected chi connectivity index (χ1v) is 8.23. The first kappa shape index (κ1) is 13.4. The molecule has 0 fully saturated rings. The van der Waals surface area contributed by atoms with E-state index in [-0.39, 0.29) is 6.04 Å². The standard InChI is InChI=1S/C15H19BrN2S/c1-15(2)7-12(17)11-5-6-18(13(11)8-15)9-10-3-4-14(16)19-10/h3-6,12H,7-9,17H2,1-2H3. The molecule has 0 spiro atoms. The van der Waals surface area contributed by atoms with Crippen molar-refractivity contribution < 1.29 is 0 Å². The Bertz CT molecular complexity index is 597. The number of nitrogens with zero attached hydrogens (tertiary/aromatic N) is 1. The average Bonchev–Trinajstić information content (AvgIpc) is 2.86. The van der Waals surface area contributed by atoms with Gasteiger partial charge in [-0.1, -0.05) is 13.8 Å². The number of hydrogen-bond acceptors (Lipinski definition) is 2. The molecule has 1 unspecified atom stereocenters. The second kappa shape index (κ2) is 4.76. The van der Waals surface area contributed by atoms with Crippen molar-refractivity contribution in [3.05, 3.63) is 44.3 Å². The highest BCUT2D eigenvalue weighted by Crippen LogP contribution is 2.40. The van der Waals surface area contributed by atoms with Gasteiger partial charge in [-0.2, -0.15) is 0 Å². The lowest BCUT2D eigenvalue weighted by Gasteiger charge is -2.34. The third-order valence-corrected chi connectivity index (χ3v) is 5.50. The van der Waals surface area contributed by atoms with Crippen molar-refractivity contribution in [2.45, 2.75) is 39.3 Å². The molecular weight excluding hydrogens is 320 g/mol. The molecule has 1 atom stereocenters. The maximum absolute atomic E-state index is 6.31. The van der Waals surface area contributed by atoms with E-state index in [0.29, 0.717) is 5.41 Å². The summed E-state index contributed by atoms with van der Waals surface area (Å²) in [5.74, 6) is 0. The molecule has 2 nitrogen and oxygen atoms in total. The van der Waals surface area contributed by atoms with Crippen LogP contribution in [0.2, 0.25) is 0 Å². The van der Waals surface area contributed by atoms with Crippen LogP contribution in [0.5, 0.6) is 0 Å². The van der Waals surface area contributed by atoms with Gasteiger partial charge in [0.15, 0.2) is 0 Å². The van der Waals surface area contributed by atoms with Crippen molar-refractivity contribution in [1.29, 1.82) is 0 Å². The average molecular weight is 339 g/mol. The van der Waals surface area contributed by atoms with Gasteiger partial charge >= 0.3 is 0 Å². The summed E-state index contributed by atoms with van der Waals surface area (Å²) in [6, 6.07) is 6.70. The Kier molecular flexibility index (Phi) is 3.36. The molecule has 2 N–H and O–H groups in total. The fourth-order valence-corrected chi connectivity index (χ4v) is 4.53. The van der Waals surface area contributed by atoms with E-state index in [9.17, 15) is 0 Å². The molecule has 1 aliphatic carbocycles. The lowest BCUT2D eigenvalue weighted by Crippen LogP contribution is -2.30. The molecular formula is C15H19BrN2S. The quantitative estimate of drug-likeness (QED) is 0.867. The highest BCUT2D eigenvalue weighted by molar-refractivity contribution is 9.11. The van der Waals surface area contributed by atoms with Crippen LogP contribution >= 0.6 is 27.3 Å². The summed E-state index contributed by atoms with van der Waals surface area (Å²) in [6.45, 7) is 5.58. The first-order valence-electron chi connectivity index (χ1n) is 6.62. The zero-order chi connectivity index (χ0) is 13.6. The zero-order valence-electron chi connectivity index (χ0n) is 11.3. The summed E-state index contributed by atoms with van der Waals surface area (Å²) in [5, 5.41) is 0. The number of hydrogen-bond donors (Lipinski definition) is 1. The fraction of sp³-hybridized carbons (Fsp3) is 0.467. The zero-order valence-corrected chi connectivity index (χ0v) is 13.7. The van der Waals surface area contributed by atoms with Gasteiger partial charge in [0.25, 0.3) is 0 Å². The summed E-state index contributed by atoms with van der Waals surface area (Å²) in [6.07, 6.45) is 4.39. The molecule has 2 aromatic rings. The molecule has 2 aromatic heterocycles. The van der Waals surface area contributed by atoms with Crippen molar-refractivity contribution >= 4 is 27.3 Å². The van der Waals surface area contributed by atoms with E-state index in [1.54, 1.807) is 11.3 Å². The Morgan fingerprint density at radius 2 is 2.21 bits per heavy atom. The van der Waals surface area contributed by atoms with Crippen molar-refractivity contribution in [3.63, 3.8) is 0 Å². The van der Waals surface area contributed by atoms with Gasteiger partial charge in [0, 0.05) is 22.8 Å². The number of rotatable bonds is 2. The highest BCUT2D eigenvalue weighted by atomic mass is 79.9. The van der Waals surface area contributed by atoms with E-state index in [1.165, 1.54) is 19.9 Å². The van der Waals surface area contributed by atoms with Crippen molar-refractivity contribution in [2.24, 2.45) is 11.1 Å². The largest absolute Gasteiger partial charge is 0.346 e. The van der Waals surface area contributed by atoms with E-state index < -0.39 is 0 Å². The van der Waals surface area contributed by atoms with E-state index in [2.05, 4.69) is 58.7 Å². The van der Waals surface area contributed by atoms with Gasteiger partial charge in [-0.15, -0.1) is 11.3 Å². The second-order valence-corrected chi connectivity index (χ2v) is 8.75. The minimum atomic E-state index is 0.190. The molecule has 1 aliphatic rings. The molecule has 4 heteroatoms. The lowest BCUT2D eigenvalue weighted by atomic mass is 9.74. The first-order chi connectivity index (χ1) is 8.94. The highest BCUT2D eigenvalue weighted by Gasteiger charge is 2.32. The van der Waals surface area contributed by atoms with Crippen molar-refractivity contribution in [3.8, 4) is 0 Å². The number of aromatic nitrogens is 1. The van der Waals surface area contributed by atoms with Gasteiger partial charge in [-0.3, -0.25) is 0 Å². The van der Waals surface area contributed by atoms with Gasteiger partial charge in [0.05, 0.1) is 10.3 Å². The van der Waals surface area contributed by atoms with Gasteiger partial charge in [0.2, 0.25) is 0 Å². The second-order valence-electron chi connectivity index (χ2n) is 6.20. The normalized spacial score (nSPS) is 21.4. The Morgan fingerprint density at radius 3 is 2.89 bits per heavy atom. The summed E-state index contributed by atoms with van der Waals surface area (Å²) in [4.78, 5) is 1.38. The van der Waals surface area contributed by atoms with Gasteiger partial charge in [0.1, 0.15) is 0 Å². The van der Waals surface area contributed by atoms with Gasteiger partial charge < -0.3 is 10.3 Å². The van der Waals surface area contributed by atoms with E-state index in [4.69, 9.17) is 5.73 Å². The van der Waals surface area contributed by atoms with Crippen LogP contribution in [0.15, 0.2) is 28.2 Å². The molecule has 0 aromatic carbocycles. The molecule has 0 radical (unpaired) electrons. The maximum Gasteiger partial charge on any atom is 0.0702 e. The molecule has 3 rings (SSSR count). The topological polar surface area (TPSA) is 30.9 Å². The van der Waals surface area contributed by atoms with E-state index in [1.807, 2.05) is 0 Å². The van der Waals surface area contributed by atoms with Crippen LogP contribution in [-0.2, 0) is 13.0 Å². The molecule has 0 bridgehead atoms. The van der Waals surface area contributed by atoms with Crippen LogP contribution in [0.3, 0.4) is 0 Å². The molecule has 0 amide bonds. The van der Waals surface area contributed by atoms with Crippen LogP contribution in [0.4, 0.5) is 0 Å². The molecule has 2 heterocycles. The number of nitrogens with two attached hydrogens (primary N) is 1. The third-order valence-electron chi connectivity index (χ3n) is 3.89. The summed E-state index contributed by atoms with van der Waals surface area (Å²) in [5.41, 5.74) is 9.39. The van der Waals surface area contributed by atoms with Crippen molar-refractivity contribution in [2.75, 3.05) is 0 Å². The Morgan fingerprint density at radius 1 is 1.42 bits per heavy atom. The molecule has 0 aliphatic heterocycles. The van der Waals surface area contributed by atoms with Crippen LogP contribution in [0.25, 0.3) is 0 Å². The SMILES string of the molecule is CC1(C)Cc2c(ccn2Cc2ccc(Br)s2)C(N)C1. The van der Waals surface area contributed by atoms with Crippen LogP contribution in [0, 0.1) is 5.41 Å². The Labute approximate surface area is 126 Å².